The Kier molecular flexibility index (Phi) is 11.5. The highest BCUT2D eigenvalue weighted by molar-refractivity contribution is 7.82. The van der Waals surface area contributed by atoms with Crippen molar-refractivity contribution in [2.75, 3.05) is 72.5 Å². The Bertz CT molecular complexity index is 360. The number of rotatable bonds is 13. The molecule has 0 spiro atoms. The molecule has 1 aliphatic heterocycles. The van der Waals surface area contributed by atoms with E-state index in [-0.39, 0.29) is 9.49 Å². The maximum Gasteiger partial charge on any atom is 0.0200 e. The molecule has 0 atom stereocenters. The fourth-order valence-corrected chi connectivity index (χ4v) is 3.68. The number of nitrogens with zero attached hydrogens (tertiary/aromatic N) is 3. The summed E-state index contributed by atoms with van der Waals surface area (Å²) < 4.78 is 0.0809. The van der Waals surface area contributed by atoms with Gasteiger partial charge in [-0.1, -0.05) is 6.42 Å². The molecule has 0 radical (unpaired) electrons. The molecule has 0 unspecified atom stereocenters. The number of likely N-dealkylation sites (tertiary alicyclic amines) is 1. The van der Waals surface area contributed by atoms with Crippen molar-refractivity contribution in [2.24, 2.45) is 0 Å². The lowest BCUT2D eigenvalue weighted by Crippen LogP contribution is -2.45. The Balaban J connectivity index is 2.29. The highest BCUT2D eigenvalue weighted by atomic mass is 32.1. The van der Waals surface area contributed by atoms with Crippen LogP contribution in [0.3, 0.4) is 0 Å². The number of piperidine rings is 1. The second-order valence-electron chi connectivity index (χ2n) is 9.28. The molecule has 0 aromatic rings. The van der Waals surface area contributed by atoms with Gasteiger partial charge in [0.1, 0.15) is 0 Å². The van der Waals surface area contributed by atoms with Crippen molar-refractivity contribution in [2.45, 2.75) is 56.5 Å². The fourth-order valence-electron chi connectivity index (χ4n) is 3.37. The van der Waals surface area contributed by atoms with Crippen molar-refractivity contribution >= 4 is 25.3 Å². The first-order valence-electron chi connectivity index (χ1n) is 10.3. The topological polar surface area (TPSA) is 21.8 Å². The Morgan fingerprint density at radius 2 is 1.54 bits per heavy atom. The van der Waals surface area contributed by atoms with E-state index in [1.807, 2.05) is 0 Å². The SMILES string of the molecule is CN(CCN1CCCCC1)CCN(CCNCC(C)(C)S)CC(C)(C)S. The van der Waals surface area contributed by atoms with Gasteiger partial charge in [0, 0.05) is 61.9 Å². The van der Waals surface area contributed by atoms with Gasteiger partial charge >= 0.3 is 0 Å². The second kappa shape index (κ2) is 12.2. The van der Waals surface area contributed by atoms with Gasteiger partial charge in [-0.25, -0.2) is 0 Å². The molecule has 1 N–H and O–H groups in total. The van der Waals surface area contributed by atoms with Crippen LogP contribution in [0.2, 0.25) is 0 Å². The van der Waals surface area contributed by atoms with Crippen molar-refractivity contribution < 1.29 is 0 Å². The Morgan fingerprint density at radius 1 is 0.885 bits per heavy atom. The van der Waals surface area contributed by atoms with Gasteiger partial charge in [0.05, 0.1) is 0 Å². The van der Waals surface area contributed by atoms with Gasteiger partial charge in [-0.3, -0.25) is 4.90 Å². The van der Waals surface area contributed by atoms with Crippen LogP contribution in [-0.2, 0) is 0 Å². The van der Waals surface area contributed by atoms with Gasteiger partial charge in [0.25, 0.3) is 0 Å². The lowest BCUT2D eigenvalue weighted by Gasteiger charge is -2.32. The molecule has 4 nitrogen and oxygen atoms in total. The second-order valence-corrected chi connectivity index (χ2v) is 11.7. The Labute approximate surface area is 174 Å². The van der Waals surface area contributed by atoms with Crippen LogP contribution in [0, 0.1) is 0 Å². The minimum Gasteiger partial charge on any atom is -0.314 e. The molecule has 0 bridgehead atoms. The van der Waals surface area contributed by atoms with Gasteiger partial charge in [-0.15, -0.1) is 0 Å². The first-order valence-corrected chi connectivity index (χ1v) is 11.2. The van der Waals surface area contributed by atoms with Crippen LogP contribution >= 0.6 is 25.3 Å². The molecular formula is C20H44N4S2. The monoisotopic (exact) mass is 404 g/mol. The molecule has 0 aromatic carbocycles. The van der Waals surface area contributed by atoms with Gasteiger partial charge in [0.15, 0.2) is 0 Å². The summed E-state index contributed by atoms with van der Waals surface area (Å²) >= 11 is 9.33. The summed E-state index contributed by atoms with van der Waals surface area (Å²) in [5.74, 6) is 0. The standard InChI is InChI=1S/C20H44N4S2/c1-19(2,25)17-21-9-12-24(18-20(3,4)26)16-14-22(5)13-15-23-10-7-6-8-11-23/h21,25-26H,6-18H2,1-5H3. The molecule has 1 aliphatic rings. The summed E-state index contributed by atoms with van der Waals surface area (Å²) in [6, 6.07) is 0. The average molecular weight is 405 g/mol. The minimum atomic E-state index is 0.0369. The fraction of sp³-hybridized carbons (Fsp3) is 1.00. The highest BCUT2D eigenvalue weighted by Gasteiger charge is 2.18. The van der Waals surface area contributed by atoms with Crippen molar-refractivity contribution in [3.05, 3.63) is 0 Å². The van der Waals surface area contributed by atoms with Crippen LogP contribution in [0.5, 0.6) is 0 Å². The molecule has 1 heterocycles. The molecule has 1 rings (SSSR count). The summed E-state index contributed by atoms with van der Waals surface area (Å²) in [6.45, 7) is 19.9. The predicted molar refractivity (Wildman–Crippen MR) is 123 cm³/mol. The molecule has 0 amide bonds. The zero-order valence-corrected chi connectivity index (χ0v) is 19.7. The van der Waals surface area contributed by atoms with E-state index < -0.39 is 0 Å². The molecule has 0 aromatic heterocycles. The Morgan fingerprint density at radius 3 is 2.12 bits per heavy atom. The van der Waals surface area contributed by atoms with Crippen LogP contribution in [0.4, 0.5) is 0 Å². The molecule has 156 valence electrons. The van der Waals surface area contributed by atoms with E-state index in [9.17, 15) is 0 Å². The minimum absolute atomic E-state index is 0.0369. The maximum absolute atomic E-state index is 4.75. The maximum atomic E-state index is 4.75. The zero-order valence-electron chi connectivity index (χ0n) is 17.9. The van der Waals surface area contributed by atoms with E-state index in [4.69, 9.17) is 12.6 Å². The number of hydrogen-bond donors (Lipinski definition) is 3. The summed E-state index contributed by atoms with van der Waals surface area (Å²) in [4.78, 5) is 7.65. The molecule has 0 aliphatic carbocycles. The zero-order chi connectivity index (χ0) is 19.6. The van der Waals surface area contributed by atoms with Gasteiger partial charge < -0.3 is 15.1 Å². The Hall–Kier alpha value is 0.540. The smallest absolute Gasteiger partial charge is 0.0200 e. The van der Waals surface area contributed by atoms with Crippen molar-refractivity contribution in [3.8, 4) is 0 Å². The van der Waals surface area contributed by atoms with Crippen LogP contribution in [0.25, 0.3) is 0 Å². The quantitative estimate of drug-likeness (QED) is 0.324. The molecule has 1 saturated heterocycles. The highest BCUT2D eigenvalue weighted by Crippen LogP contribution is 2.14. The third-order valence-electron chi connectivity index (χ3n) is 4.82. The average Bonchev–Trinajstić information content (AvgIpc) is 2.53. The first-order chi connectivity index (χ1) is 12.1. The van der Waals surface area contributed by atoms with E-state index in [2.05, 4.69) is 67.4 Å². The van der Waals surface area contributed by atoms with Crippen LogP contribution in [0.1, 0.15) is 47.0 Å². The van der Waals surface area contributed by atoms with Gasteiger partial charge in [-0.2, -0.15) is 25.3 Å². The van der Waals surface area contributed by atoms with Gasteiger partial charge in [0.2, 0.25) is 0 Å². The molecule has 26 heavy (non-hydrogen) atoms. The van der Waals surface area contributed by atoms with E-state index in [1.165, 1.54) is 45.4 Å². The van der Waals surface area contributed by atoms with Crippen molar-refractivity contribution in [1.29, 1.82) is 0 Å². The van der Waals surface area contributed by atoms with Crippen LogP contribution < -0.4 is 5.32 Å². The lowest BCUT2D eigenvalue weighted by atomic mass is 10.1. The number of nitrogens with one attached hydrogen (secondary N) is 1. The third-order valence-corrected chi connectivity index (χ3v) is 5.12. The third kappa shape index (κ3) is 13.7. The van der Waals surface area contributed by atoms with Crippen LogP contribution in [0.15, 0.2) is 0 Å². The normalized spacial score (nSPS) is 17.4. The molecule has 6 heteroatoms. The predicted octanol–water partition coefficient (Wildman–Crippen LogP) is 2.71. The van der Waals surface area contributed by atoms with E-state index in [0.717, 1.165) is 39.3 Å². The molecule has 1 fully saturated rings. The summed E-state index contributed by atoms with van der Waals surface area (Å²) in [5, 5.41) is 3.53. The first kappa shape index (κ1) is 24.6. The van der Waals surface area contributed by atoms with Crippen molar-refractivity contribution in [1.82, 2.24) is 20.0 Å². The number of thiol groups is 2. The van der Waals surface area contributed by atoms with Crippen molar-refractivity contribution in [3.63, 3.8) is 0 Å². The lowest BCUT2D eigenvalue weighted by molar-refractivity contribution is 0.177. The molecular weight excluding hydrogens is 360 g/mol. The van der Waals surface area contributed by atoms with Gasteiger partial charge in [-0.05, 0) is 60.7 Å². The number of likely N-dealkylation sites (N-methyl/N-ethyl adjacent to an activating group) is 1. The van der Waals surface area contributed by atoms with E-state index in [0.29, 0.717) is 0 Å². The number of hydrogen-bond acceptors (Lipinski definition) is 6. The summed E-state index contributed by atoms with van der Waals surface area (Å²) in [7, 11) is 2.26. The largest absolute Gasteiger partial charge is 0.314 e. The van der Waals surface area contributed by atoms with Crippen LogP contribution in [-0.4, -0.2) is 96.7 Å². The summed E-state index contributed by atoms with van der Waals surface area (Å²) in [5.41, 5.74) is 0. The van der Waals surface area contributed by atoms with E-state index in [1.54, 1.807) is 0 Å². The van der Waals surface area contributed by atoms with E-state index >= 15 is 0 Å². The molecule has 0 saturated carbocycles. The summed E-state index contributed by atoms with van der Waals surface area (Å²) in [6.07, 6.45) is 4.18.